The minimum atomic E-state index is 0.300. The molecule has 0 radical (unpaired) electrons. The first-order valence-corrected chi connectivity index (χ1v) is 8.11. The molecule has 0 spiro atoms. The molecule has 4 nitrogen and oxygen atoms in total. The average Bonchev–Trinajstić information content (AvgIpc) is 2.44. The fourth-order valence-corrected chi connectivity index (χ4v) is 3.94. The van der Waals surface area contributed by atoms with Gasteiger partial charge in [-0.25, -0.2) is 4.98 Å². The largest absolute Gasteiger partial charge is 0.384 e. The Balaban J connectivity index is 1.79. The van der Waals surface area contributed by atoms with Gasteiger partial charge in [0.05, 0.1) is 0 Å². The molecule has 5 N–H and O–H groups in total. The molecule has 2 rings (SSSR count). The predicted octanol–water partition coefficient (Wildman–Crippen LogP) is 2.10. The SMILES string of the molecule is NNC(CSC1CCCCC1)Cc1ccnc(N)c1. The van der Waals surface area contributed by atoms with E-state index < -0.39 is 0 Å². The number of hydrazine groups is 1. The molecule has 1 aliphatic carbocycles. The van der Waals surface area contributed by atoms with Gasteiger partial charge >= 0.3 is 0 Å². The molecule has 5 heteroatoms. The quantitative estimate of drug-likeness (QED) is 0.549. The number of hydrogen-bond acceptors (Lipinski definition) is 5. The maximum absolute atomic E-state index is 5.70. The Morgan fingerprint density at radius 1 is 1.37 bits per heavy atom. The van der Waals surface area contributed by atoms with E-state index >= 15 is 0 Å². The number of anilines is 1. The average molecular weight is 280 g/mol. The van der Waals surface area contributed by atoms with E-state index in [9.17, 15) is 0 Å². The first kappa shape index (κ1) is 14.6. The summed E-state index contributed by atoms with van der Waals surface area (Å²) >= 11 is 2.06. The molecule has 19 heavy (non-hydrogen) atoms. The summed E-state index contributed by atoms with van der Waals surface area (Å²) in [6, 6.07) is 4.23. The van der Waals surface area contributed by atoms with Gasteiger partial charge in [-0.05, 0) is 37.0 Å². The molecule has 106 valence electrons. The molecule has 1 aromatic rings. The van der Waals surface area contributed by atoms with E-state index in [0.29, 0.717) is 11.9 Å². The molecule has 1 aromatic heterocycles. The lowest BCUT2D eigenvalue weighted by atomic mass is 10.0. The van der Waals surface area contributed by atoms with Crippen LogP contribution in [0.2, 0.25) is 0 Å². The van der Waals surface area contributed by atoms with E-state index in [1.54, 1.807) is 6.20 Å². The molecule has 1 atom stereocenters. The van der Waals surface area contributed by atoms with E-state index in [0.717, 1.165) is 17.4 Å². The second kappa shape index (κ2) is 7.72. The van der Waals surface area contributed by atoms with Crippen molar-refractivity contribution in [2.75, 3.05) is 11.5 Å². The fourth-order valence-electron chi connectivity index (χ4n) is 2.56. The van der Waals surface area contributed by atoms with Gasteiger partial charge in [-0.3, -0.25) is 11.3 Å². The number of nitrogens with one attached hydrogen (secondary N) is 1. The Morgan fingerprint density at radius 2 is 2.16 bits per heavy atom. The zero-order chi connectivity index (χ0) is 13.5. The van der Waals surface area contributed by atoms with Gasteiger partial charge in [-0.2, -0.15) is 11.8 Å². The number of rotatable bonds is 6. The van der Waals surface area contributed by atoms with Gasteiger partial charge in [-0.1, -0.05) is 19.3 Å². The molecule has 0 saturated heterocycles. The van der Waals surface area contributed by atoms with Crippen LogP contribution >= 0.6 is 11.8 Å². The third-order valence-corrected chi connectivity index (χ3v) is 5.19. The van der Waals surface area contributed by atoms with Crippen molar-refractivity contribution < 1.29 is 0 Å². The summed E-state index contributed by atoms with van der Waals surface area (Å²) in [4.78, 5) is 4.01. The van der Waals surface area contributed by atoms with E-state index in [2.05, 4.69) is 22.2 Å². The van der Waals surface area contributed by atoms with Crippen molar-refractivity contribution in [1.29, 1.82) is 0 Å². The number of thioether (sulfide) groups is 1. The second-order valence-electron chi connectivity index (χ2n) is 5.25. The van der Waals surface area contributed by atoms with E-state index in [1.807, 2.05) is 12.1 Å². The lowest BCUT2D eigenvalue weighted by Gasteiger charge is -2.23. The van der Waals surface area contributed by atoms with Crippen LogP contribution in [0.1, 0.15) is 37.7 Å². The molecule has 0 aliphatic heterocycles. The molecular weight excluding hydrogens is 256 g/mol. The number of nitrogens with two attached hydrogens (primary N) is 2. The van der Waals surface area contributed by atoms with Crippen molar-refractivity contribution >= 4 is 17.6 Å². The molecule has 1 fully saturated rings. The second-order valence-corrected chi connectivity index (χ2v) is 6.58. The molecular formula is C14H24N4S. The van der Waals surface area contributed by atoms with E-state index in [4.69, 9.17) is 11.6 Å². The maximum atomic E-state index is 5.70. The molecule has 1 unspecified atom stereocenters. The van der Waals surface area contributed by atoms with Gasteiger partial charge in [0.15, 0.2) is 0 Å². The minimum Gasteiger partial charge on any atom is -0.384 e. The van der Waals surface area contributed by atoms with Crippen molar-refractivity contribution in [2.24, 2.45) is 5.84 Å². The lowest BCUT2D eigenvalue weighted by Crippen LogP contribution is -2.39. The monoisotopic (exact) mass is 280 g/mol. The highest BCUT2D eigenvalue weighted by atomic mass is 32.2. The lowest BCUT2D eigenvalue weighted by molar-refractivity contribution is 0.513. The summed E-state index contributed by atoms with van der Waals surface area (Å²) in [5.74, 6) is 7.30. The summed E-state index contributed by atoms with van der Waals surface area (Å²) in [7, 11) is 0. The molecule has 1 heterocycles. The van der Waals surface area contributed by atoms with Crippen LogP contribution in [0.25, 0.3) is 0 Å². The van der Waals surface area contributed by atoms with Crippen LogP contribution in [0.3, 0.4) is 0 Å². The first-order chi connectivity index (χ1) is 9.28. The highest BCUT2D eigenvalue weighted by Gasteiger charge is 2.16. The topological polar surface area (TPSA) is 77.0 Å². The smallest absolute Gasteiger partial charge is 0.123 e. The van der Waals surface area contributed by atoms with Gasteiger partial charge in [0, 0.05) is 23.2 Å². The normalized spacial score (nSPS) is 18.4. The minimum absolute atomic E-state index is 0.300. The molecule has 1 aliphatic rings. The van der Waals surface area contributed by atoms with Crippen LogP contribution in [-0.4, -0.2) is 22.0 Å². The summed E-state index contributed by atoms with van der Waals surface area (Å²) in [6.45, 7) is 0. The molecule has 0 bridgehead atoms. The van der Waals surface area contributed by atoms with Crippen molar-refractivity contribution in [3.8, 4) is 0 Å². The summed E-state index contributed by atoms with van der Waals surface area (Å²) < 4.78 is 0. The van der Waals surface area contributed by atoms with Gasteiger partial charge in [0.1, 0.15) is 5.82 Å². The predicted molar refractivity (Wildman–Crippen MR) is 82.8 cm³/mol. The maximum Gasteiger partial charge on any atom is 0.123 e. The van der Waals surface area contributed by atoms with Crippen LogP contribution in [0.15, 0.2) is 18.3 Å². The molecule has 0 aromatic carbocycles. The van der Waals surface area contributed by atoms with E-state index in [1.165, 1.54) is 37.7 Å². The Kier molecular flexibility index (Phi) is 5.94. The highest BCUT2D eigenvalue weighted by Crippen LogP contribution is 2.28. The van der Waals surface area contributed by atoms with Crippen molar-refractivity contribution in [3.05, 3.63) is 23.9 Å². The van der Waals surface area contributed by atoms with Crippen LogP contribution in [0.4, 0.5) is 5.82 Å². The van der Waals surface area contributed by atoms with Crippen molar-refractivity contribution in [2.45, 2.75) is 49.8 Å². The van der Waals surface area contributed by atoms with Gasteiger partial charge in [0.2, 0.25) is 0 Å². The number of pyridine rings is 1. The Labute approximate surface area is 119 Å². The first-order valence-electron chi connectivity index (χ1n) is 7.06. The molecule has 1 saturated carbocycles. The number of hydrogen-bond donors (Lipinski definition) is 3. The van der Waals surface area contributed by atoms with Gasteiger partial charge in [0.25, 0.3) is 0 Å². The Morgan fingerprint density at radius 3 is 2.84 bits per heavy atom. The Hall–Kier alpha value is -0.780. The third-order valence-electron chi connectivity index (χ3n) is 3.65. The number of aromatic nitrogens is 1. The zero-order valence-electron chi connectivity index (χ0n) is 11.3. The van der Waals surface area contributed by atoms with Crippen molar-refractivity contribution in [1.82, 2.24) is 10.4 Å². The van der Waals surface area contributed by atoms with Gasteiger partial charge in [-0.15, -0.1) is 0 Å². The summed E-state index contributed by atoms with van der Waals surface area (Å²) in [6.07, 6.45) is 9.58. The summed E-state index contributed by atoms with van der Waals surface area (Å²) in [5.41, 5.74) is 9.82. The number of nitrogens with zero attached hydrogens (tertiary/aromatic N) is 1. The van der Waals surface area contributed by atoms with Gasteiger partial charge < -0.3 is 5.73 Å². The fraction of sp³-hybridized carbons (Fsp3) is 0.643. The third kappa shape index (κ3) is 5.01. The summed E-state index contributed by atoms with van der Waals surface area (Å²) in [5, 5.41) is 0.826. The standard InChI is InChI=1S/C14H24N4S/c15-14-9-11(6-7-17-14)8-12(18-16)10-19-13-4-2-1-3-5-13/h6-7,9,12-13,18H,1-5,8,10,16H2,(H2,15,17). The molecule has 0 amide bonds. The van der Waals surface area contributed by atoms with Crippen LogP contribution in [0.5, 0.6) is 0 Å². The van der Waals surface area contributed by atoms with Crippen LogP contribution in [0, 0.1) is 0 Å². The Bertz CT molecular complexity index is 379. The van der Waals surface area contributed by atoms with Crippen molar-refractivity contribution in [3.63, 3.8) is 0 Å². The van der Waals surface area contributed by atoms with E-state index in [-0.39, 0.29) is 0 Å². The zero-order valence-corrected chi connectivity index (χ0v) is 12.2. The highest BCUT2D eigenvalue weighted by molar-refractivity contribution is 7.99. The van der Waals surface area contributed by atoms with Crippen LogP contribution in [-0.2, 0) is 6.42 Å². The van der Waals surface area contributed by atoms with Crippen LogP contribution < -0.4 is 17.0 Å². The number of nitrogen functional groups attached to an aromatic ring is 1.